The van der Waals surface area contributed by atoms with E-state index in [2.05, 4.69) is 9.44 Å². The Morgan fingerprint density at radius 1 is 0.543 bits per heavy atom. The van der Waals surface area contributed by atoms with Gasteiger partial charge in [0.1, 0.15) is 28.6 Å². The molecule has 0 heterocycles. The van der Waals surface area contributed by atoms with E-state index in [1.165, 1.54) is 0 Å². The van der Waals surface area contributed by atoms with Crippen LogP contribution in [-0.4, -0.2) is 62.9 Å². The Hall–Kier alpha value is -6.72. The van der Waals surface area contributed by atoms with Crippen molar-refractivity contribution in [2.24, 2.45) is 0 Å². The first kappa shape index (κ1) is 51.1. The third-order valence-corrected chi connectivity index (χ3v) is 14.8. The Balaban J connectivity index is 0.000000208. The normalized spacial score (nSPS) is 15.9. The first-order chi connectivity index (χ1) is 33.3. The number of carbonyl (C=O) groups excluding carboxylic acids is 1. The van der Waals surface area contributed by atoms with Gasteiger partial charge in [-0.15, -0.1) is 0 Å². The maximum atomic E-state index is 13.3. The van der Waals surface area contributed by atoms with Crippen molar-refractivity contribution >= 4 is 32.0 Å². The molecule has 6 aromatic rings. The van der Waals surface area contributed by atoms with Crippen LogP contribution in [0, 0.1) is 0 Å². The molecule has 0 amide bonds. The average Bonchev–Trinajstić information content (AvgIpc) is 3.66. The Bertz CT molecular complexity index is 2990. The SMILES string of the molecule is CC(C)(C)OC(=O)COc1cccc2c1CCCCC2NS(=O)(=O)c1ccc(-c2ccc(O)cc2)cc1.O=C(O)COc1cccc2c1CCCCC2NS(=O)(=O)c1ccc(-c2ccc(O)cc2)cc1. The summed E-state index contributed by atoms with van der Waals surface area (Å²) in [4.78, 5) is 23.4. The maximum Gasteiger partial charge on any atom is 0.344 e. The van der Waals surface area contributed by atoms with E-state index in [0.717, 1.165) is 76.6 Å². The molecule has 0 saturated carbocycles. The fourth-order valence-electron chi connectivity index (χ4n) is 8.60. The lowest BCUT2D eigenvalue weighted by molar-refractivity contribution is -0.157. The van der Waals surface area contributed by atoms with Crippen molar-refractivity contribution < 1.29 is 56.0 Å². The molecule has 0 saturated heterocycles. The Morgan fingerprint density at radius 3 is 1.29 bits per heavy atom. The highest BCUT2D eigenvalue weighted by Gasteiger charge is 2.29. The van der Waals surface area contributed by atoms with Crippen LogP contribution >= 0.6 is 0 Å². The zero-order chi connectivity index (χ0) is 50.1. The number of ether oxygens (including phenoxy) is 3. The summed E-state index contributed by atoms with van der Waals surface area (Å²) in [6.07, 6.45) is 6.17. The van der Waals surface area contributed by atoms with Crippen molar-refractivity contribution in [2.75, 3.05) is 13.2 Å². The molecule has 2 unspecified atom stereocenters. The standard InChI is InChI=1S/C29H33NO6S.C25H25NO6S/c1-29(2,3)36-28(32)19-35-27-10-6-8-24-25(27)7-4-5-9-26(24)30-37(33,34)23-17-13-21(14-18-23)20-11-15-22(31)16-12-20;27-19-12-8-17(9-13-19)18-10-14-20(15-11-18)33(30,31)26-23-6-2-1-4-22-21(23)5-3-7-24(22)32-16-25(28)29/h6,8,10-18,26,30-31H,4-5,7,9,19H2,1-3H3;3,5,7-15,23,26-27H,1-2,4,6,16H2,(H,28,29). The number of benzene rings is 6. The second-order valence-electron chi connectivity index (χ2n) is 18.2. The summed E-state index contributed by atoms with van der Waals surface area (Å²) in [7, 11) is -7.58. The smallest absolute Gasteiger partial charge is 0.344 e. The molecule has 0 spiro atoms. The van der Waals surface area contributed by atoms with Crippen LogP contribution in [0.1, 0.15) is 93.6 Å². The number of sulfonamides is 2. The third kappa shape index (κ3) is 13.5. The van der Waals surface area contributed by atoms with Crippen LogP contribution in [-0.2, 0) is 47.2 Å². The molecule has 8 rings (SSSR count). The van der Waals surface area contributed by atoms with Gasteiger partial charge in [0, 0.05) is 12.1 Å². The van der Waals surface area contributed by atoms with E-state index >= 15 is 0 Å². The van der Waals surface area contributed by atoms with E-state index in [9.17, 15) is 36.6 Å². The van der Waals surface area contributed by atoms with Crippen LogP contribution < -0.4 is 18.9 Å². The van der Waals surface area contributed by atoms with E-state index < -0.39 is 56.3 Å². The van der Waals surface area contributed by atoms with E-state index in [1.807, 2.05) is 24.3 Å². The van der Waals surface area contributed by atoms with Crippen LogP contribution in [0.2, 0.25) is 0 Å². The molecule has 14 nitrogen and oxygen atoms in total. The first-order valence-electron chi connectivity index (χ1n) is 23.1. The third-order valence-electron chi connectivity index (χ3n) is 11.9. The van der Waals surface area contributed by atoms with Crippen molar-refractivity contribution in [1.29, 1.82) is 0 Å². The van der Waals surface area contributed by atoms with Crippen LogP contribution in [0.4, 0.5) is 0 Å². The molecule has 0 aromatic heterocycles. The van der Waals surface area contributed by atoms with Crippen LogP contribution in [0.15, 0.2) is 143 Å². The van der Waals surface area contributed by atoms with E-state index in [1.54, 1.807) is 130 Å². The topological polar surface area (TPSA) is 215 Å². The van der Waals surface area contributed by atoms with Gasteiger partial charge in [0.2, 0.25) is 20.0 Å². The second kappa shape index (κ2) is 22.4. The number of nitrogens with one attached hydrogen (secondary N) is 2. The molecule has 16 heteroatoms. The van der Waals surface area contributed by atoms with Gasteiger partial charge in [-0.3, -0.25) is 0 Å². The Labute approximate surface area is 409 Å². The quantitative estimate of drug-likeness (QED) is 0.0509. The minimum absolute atomic E-state index is 0.161. The molecule has 0 fully saturated rings. The van der Waals surface area contributed by atoms with Crippen LogP contribution in [0.5, 0.6) is 23.0 Å². The molecule has 2 aliphatic rings. The average molecular weight is 991 g/mol. The minimum atomic E-state index is -3.79. The fourth-order valence-corrected chi connectivity index (χ4v) is 11.1. The molecule has 2 aliphatic carbocycles. The lowest BCUT2D eigenvalue weighted by atomic mass is 9.99. The lowest BCUT2D eigenvalue weighted by Crippen LogP contribution is -2.29. The predicted octanol–water partition coefficient (Wildman–Crippen LogP) is 9.79. The molecular weight excluding hydrogens is 933 g/mol. The number of aromatic hydroxyl groups is 2. The molecule has 70 heavy (non-hydrogen) atoms. The van der Waals surface area contributed by atoms with Gasteiger partial charge in [0.05, 0.1) is 9.79 Å². The number of fused-ring (bicyclic) bond motifs is 2. The summed E-state index contributed by atoms with van der Waals surface area (Å²) in [5.41, 5.74) is 6.30. The zero-order valence-corrected chi connectivity index (χ0v) is 40.9. The molecule has 368 valence electrons. The molecule has 2 atom stereocenters. The summed E-state index contributed by atoms with van der Waals surface area (Å²) < 4.78 is 75.3. The van der Waals surface area contributed by atoms with Crippen molar-refractivity contribution in [3.05, 3.63) is 156 Å². The first-order valence-corrected chi connectivity index (χ1v) is 26.1. The fraction of sp³-hybridized carbons (Fsp3) is 0.296. The van der Waals surface area contributed by atoms with Gasteiger partial charge in [-0.1, -0.05) is 85.6 Å². The number of hydrogen-bond acceptors (Lipinski definition) is 11. The molecule has 5 N–H and O–H groups in total. The van der Waals surface area contributed by atoms with Crippen molar-refractivity contribution in [2.45, 2.75) is 99.6 Å². The van der Waals surface area contributed by atoms with Gasteiger partial charge in [-0.2, -0.15) is 0 Å². The molecule has 6 aromatic carbocycles. The number of carboxylic acids is 1. The molecule has 0 bridgehead atoms. The summed E-state index contributed by atoms with van der Waals surface area (Å²) in [6.45, 7) is 4.75. The van der Waals surface area contributed by atoms with Gasteiger partial charge < -0.3 is 29.5 Å². The van der Waals surface area contributed by atoms with E-state index in [-0.39, 0.29) is 27.9 Å². The largest absolute Gasteiger partial charge is 0.508 e. The van der Waals surface area contributed by atoms with Crippen LogP contribution in [0.25, 0.3) is 22.3 Å². The van der Waals surface area contributed by atoms with Gasteiger partial charge in [-0.25, -0.2) is 35.9 Å². The highest BCUT2D eigenvalue weighted by molar-refractivity contribution is 7.89. The number of esters is 1. The zero-order valence-electron chi connectivity index (χ0n) is 39.3. The summed E-state index contributed by atoms with van der Waals surface area (Å²) in [6, 6.07) is 36.8. The monoisotopic (exact) mass is 990 g/mol. The summed E-state index contributed by atoms with van der Waals surface area (Å²) in [5, 5.41) is 27.9. The summed E-state index contributed by atoms with van der Waals surface area (Å²) >= 11 is 0. The number of carboxylic acid groups (broad SMARTS) is 1. The van der Waals surface area contributed by atoms with Crippen molar-refractivity contribution in [3.63, 3.8) is 0 Å². The number of aliphatic carboxylic acids is 1. The maximum absolute atomic E-state index is 13.3. The lowest BCUT2D eigenvalue weighted by Gasteiger charge is -2.22. The van der Waals surface area contributed by atoms with Gasteiger partial charge in [0.25, 0.3) is 0 Å². The minimum Gasteiger partial charge on any atom is -0.508 e. The van der Waals surface area contributed by atoms with Crippen molar-refractivity contribution in [1.82, 2.24) is 9.44 Å². The van der Waals surface area contributed by atoms with Gasteiger partial charge in [0.15, 0.2) is 13.2 Å². The number of carbonyl (C=O) groups is 2. The van der Waals surface area contributed by atoms with Crippen LogP contribution in [0.3, 0.4) is 0 Å². The van der Waals surface area contributed by atoms with Gasteiger partial charge >= 0.3 is 11.9 Å². The molecule has 0 aliphatic heterocycles. The van der Waals surface area contributed by atoms with E-state index in [4.69, 9.17) is 19.3 Å². The van der Waals surface area contributed by atoms with E-state index in [0.29, 0.717) is 30.8 Å². The highest BCUT2D eigenvalue weighted by atomic mass is 32.2. The number of rotatable bonds is 14. The number of phenolic OH excluding ortho intramolecular Hbond substituents is 2. The van der Waals surface area contributed by atoms with Gasteiger partial charge in [-0.05, 0) is 164 Å². The highest BCUT2D eigenvalue weighted by Crippen LogP contribution is 2.37. The molecule has 0 radical (unpaired) electrons. The number of hydrogen-bond donors (Lipinski definition) is 5. The Morgan fingerprint density at radius 2 is 0.914 bits per heavy atom. The molecular formula is C54H58N2O12S2. The second-order valence-corrected chi connectivity index (χ2v) is 21.6. The predicted molar refractivity (Wildman–Crippen MR) is 266 cm³/mol. The number of phenols is 2. The Kier molecular flexibility index (Phi) is 16.3. The van der Waals surface area contributed by atoms with Crippen molar-refractivity contribution in [3.8, 4) is 45.3 Å². The summed E-state index contributed by atoms with van der Waals surface area (Å²) in [5.74, 6) is -0.107.